The first-order chi connectivity index (χ1) is 5.25. The molecule has 1 aliphatic heterocycles. The van der Waals surface area contributed by atoms with Gasteiger partial charge in [-0.3, -0.25) is 4.79 Å². The quantitative estimate of drug-likeness (QED) is 0.609. The van der Waals surface area contributed by atoms with Crippen molar-refractivity contribution in [2.75, 3.05) is 6.54 Å². The summed E-state index contributed by atoms with van der Waals surface area (Å²) in [5.41, 5.74) is 0. The van der Waals surface area contributed by atoms with Crippen LogP contribution in [0.3, 0.4) is 0 Å². The van der Waals surface area contributed by atoms with Gasteiger partial charge in [-0.25, -0.2) is 0 Å². The van der Waals surface area contributed by atoms with E-state index in [0.717, 1.165) is 25.8 Å². The van der Waals surface area contributed by atoms with E-state index in [4.69, 9.17) is 0 Å². The van der Waals surface area contributed by atoms with Crippen molar-refractivity contribution in [3.63, 3.8) is 0 Å². The molecule has 3 nitrogen and oxygen atoms in total. The van der Waals surface area contributed by atoms with E-state index >= 15 is 0 Å². The van der Waals surface area contributed by atoms with Gasteiger partial charge in [0.2, 0.25) is 5.91 Å². The molecule has 1 fully saturated rings. The summed E-state index contributed by atoms with van der Waals surface area (Å²) in [4.78, 5) is 12.7. The molecule has 1 amide bonds. The molecule has 1 saturated heterocycles. The number of aliphatic hydroxyl groups is 1. The number of carbonyl (C=O) groups is 1. The van der Waals surface area contributed by atoms with Gasteiger partial charge in [0, 0.05) is 13.0 Å². The van der Waals surface area contributed by atoms with Crippen LogP contribution >= 0.6 is 0 Å². The molecule has 0 aliphatic carbocycles. The molecule has 1 heterocycles. The van der Waals surface area contributed by atoms with Crippen molar-refractivity contribution < 1.29 is 9.90 Å². The van der Waals surface area contributed by atoms with Crippen LogP contribution in [0.1, 0.15) is 32.6 Å². The molecule has 3 heteroatoms. The Hall–Kier alpha value is -0.570. The molecule has 0 radical (unpaired) electrons. The summed E-state index contributed by atoms with van der Waals surface area (Å²) in [6, 6.07) is 0. The largest absolute Gasteiger partial charge is 0.374 e. The Balaban J connectivity index is 2.47. The molecule has 1 atom stereocenters. The fourth-order valence-electron chi connectivity index (χ4n) is 1.41. The number of carbonyl (C=O) groups excluding carboxylic acids is 1. The third kappa shape index (κ3) is 1.93. The van der Waals surface area contributed by atoms with E-state index < -0.39 is 6.23 Å². The van der Waals surface area contributed by atoms with Gasteiger partial charge < -0.3 is 10.0 Å². The molecular formula is C8H15NO2. The van der Waals surface area contributed by atoms with Crippen LogP contribution in [-0.4, -0.2) is 28.7 Å². The Morgan fingerprint density at radius 3 is 2.91 bits per heavy atom. The summed E-state index contributed by atoms with van der Waals surface area (Å²) in [6.45, 7) is 2.55. The molecule has 11 heavy (non-hydrogen) atoms. The lowest BCUT2D eigenvalue weighted by atomic mass is 10.1. The molecule has 0 aromatic heterocycles. The highest BCUT2D eigenvalue weighted by Crippen LogP contribution is 2.15. The van der Waals surface area contributed by atoms with E-state index in [-0.39, 0.29) is 5.91 Å². The highest BCUT2D eigenvalue weighted by atomic mass is 16.3. The lowest BCUT2D eigenvalue weighted by molar-refractivity contribution is -0.143. The van der Waals surface area contributed by atoms with E-state index in [1.165, 1.54) is 0 Å². The Bertz CT molecular complexity index is 147. The van der Waals surface area contributed by atoms with Gasteiger partial charge in [-0.05, 0) is 19.3 Å². The van der Waals surface area contributed by atoms with Crippen molar-refractivity contribution in [3.05, 3.63) is 0 Å². The number of nitrogens with zero attached hydrogens (tertiary/aromatic N) is 1. The summed E-state index contributed by atoms with van der Waals surface area (Å²) < 4.78 is 0. The van der Waals surface area contributed by atoms with Crippen molar-refractivity contribution in [1.29, 1.82) is 0 Å². The summed E-state index contributed by atoms with van der Waals surface area (Å²) in [7, 11) is 0. The molecule has 0 aromatic carbocycles. The second-order valence-corrected chi connectivity index (χ2v) is 2.92. The topological polar surface area (TPSA) is 40.5 Å². The van der Waals surface area contributed by atoms with Gasteiger partial charge in [0.1, 0.15) is 6.23 Å². The lowest BCUT2D eigenvalue weighted by Crippen LogP contribution is -2.43. The summed E-state index contributed by atoms with van der Waals surface area (Å²) in [6.07, 6.45) is 2.79. The van der Waals surface area contributed by atoms with Gasteiger partial charge in [0.15, 0.2) is 0 Å². The monoisotopic (exact) mass is 157 g/mol. The minimum Gasteiger partial charge on any atom is -0.374 e. The van der Waals surface area contributed by atoms with Crippen molar-refractivity contribution in [1.82, 2.24) is 4.90 Å². The first-order valence-corrected chi connectivity index (χ1v) is 4.23. The van der Waals surface area contributed by atoms with Crippen LogP contribution < -0.4 is 0 Å². The molecule has 1 unspecified atom stereocenters. The smallest absolute Gasteiger partial charge is 0.224 e. The number of hydrogen-bond donors (Lipinski definition) is 1. The first kappa shape index (κ1) is 8.53. The third-order valence-corrected chi connectivity index (χ3v) is 2.09. The van der Waals surface area contributed by atoms with Gasteiger partial charge in [-0.2, -0.15) is 0 Å². The minimum atomic E-state index is -0.517. The second kappa shape index (κ2) is 3.72. The van der Waals surface area contributed by atoms with Gasteiger partial charge in [0.25, 0.3) is 0 Å². The molecule has 1 aliphatic rings. The van der Waals surface area contributed by atoms with Crippen molar-refractivity contribution in [2.24, 2.45) is 0 Å². The van der Waals surface area contributed by atoms with Gasteiger partial charge >= 0.3 is 0 Å². The number of rotatable bonds is 1. The highest BCUT2D eigenvalue weighted by Gasteiger charge is 2.22. The SMILES string of the molecule is CCC(=O)N1CCCCC1O. The van der Waals surface area contributed by atoms with Crippen LogP contribution in [0.15, 0.2) is 0 Å². The molecule has 1 N–H and O–H groups in total. The number of piperidine rings is 1. The van der Waals surface area contributed by atoms with E-state index in [9.17, 15) is 9.90 Å². The van der Waals surface area contributed by atoms with E-state index in [2.05, 4.69) is 0 Å². The highest BCUT2D eigenvalue weighted by molar-refractivity contribution is 5.76. The standard InChI is InChI=1S/C8H15NO2/c1-2-7(10)9-6-4-3-5-8(9)11/h8,11H,2-6H2,1H3. The van der Waals surface area contributed by atoms with Crippen LogP contribution in [0.25, 0.3) is 0 Å². The zero-order valence-corrected chi connectivity index (χ0v) is 6.92. The average molecular weight is 157 g/mol. The fraction of sp³-hybridized carbons (Fsp3) is 0.875. The predicted octanol–water partition coefficient (Wildman–Crippen LogP) is 0.727. The number of likely N-dealkylation sites (tertiary alicyclic amines) is 1. The number of aliphatic hydroxyl groups excluding tert-OH is 1. The Labute approximate surface area is 67.0 Å². The molecular weight excluding hydrogens is 142 g/mol. The third-order valence-electron chi connectivity index (χ3n) is 2.09. The Morgan fingerprint density at radius 1 is 1.64 bits per heavy atom. The number of amides is 1. The van der Waals surface area contributed by atoms with Gasteiger partial charge in [0.05, 0.1) is 0 Å². The first-order valence-electron chi connectivity index (χ1n) is 4.23. The minimum absolute atomic E-state index is 0.0669. The van der Waals surface area contributed by atoms with E-state index in [0.29, 0.717) is 6.42 Å². The average Bonchev–Trinajstić information content (AvgIpc) is 2.04. The van der Waals surface area contributed by atoms with Gasteiger partial charge in [-0.1, -0.05) is 6.92 Å². The number of hydrogen-bond acceptors (Lipinski definition) is 2. The molecule has 1 rings (SSSR count). The lowest BCUT2D eigenvalue weighted by Gasteiger charge is -2.31. The van der Waals surface area contributed by atoms with Crippen LogP contribution in [0.4, 0.5) is 0 Å². The maximum absolute atomic E-state index is 11.1. The predicted molar refractivity (Wildman–Crippen MR) is 41.9 cm³/mol. The summed E-state index contributed by atoms with van der Waals surface area (Å²) in [5.74, 6) is 0.0669. The van der Waals surface area contributed by atoms with E-state index in [1.807, 2.05) is 6.92 Å². The maximum atomic E-state index is 11.1. The Kier molecular flexibility index (Phi) is 2.88. The second-order valence-electron chi connectivity index (χ2n) is 2.92. The normalized spacial score (nSPS) is 25.3. The van der Waals surface area contributed by atoms with E-state index in [1.54, 1.807) is 4.90 Å². The molecule has 64 valence electrons. The zero-order chi connectivity index (χ0) is 8.27. The molecule has 0 saturated carbocycles. The molecule has 0 spiro atoms. The van der Waals surface area contributed by atoms with Crippen LogP contribution in [0.2, 0.25) is 0 Å². The van der Waals surface area contributed by atoms with Gasteiger partial charge in [-0.15, -0.1) is 0 Å². The maximum Gasteiger partial charge on any atom is 0.224 e. The van der Waals surface area contributed by atoms with Crippen molar-refractivity contribution in [3.8, 4) is 0 Å². The molecule has 0 bridgehead atoms. The Morgan fingerprint density at radius 2 is 2.36 bits per heavy atom. The van der Waals surface area contributed by atoms with Crippen molar-refractivity contribution in [2.45, 2.75) is 38.8 Å². The fourth-order valence-corrected chi connectivity index (χ4v) is 1.41. The van der Waals surface area contributed by atoms with Crippen molar-refractivity contribution >= 4 is 5.91 Å². The zero-order valence-electron chi connectivity index (χ0n) is 6.92. The van der Waals surface area contributed by atoms with Crippen LogP contribution in [0, 0.1) is 0 Å². The summed E-state index contributed by atoms with van der Waals surface area (Å²) >= 11 is 0. The van der Waals surface area contributed by atoms with Crippen LogP contribution in [0.5, 0.6) is 0 Å². The summed E-state index contributed by atoms with van der Waals surface area (Å²) in [5, 5.41) is 9.38. The molecule has 0 aromatic rings. The van der Waals surface area contributed by atoms with Crippen LogP contribution in [-0.2, 0) is 4.79 Å².